The third kappa shape index (κ3) is 4.59. The molecule has 0 aliphatic carbocycles. The molecule has 0 fully saturated rings. The number of hydrogen-bond donors (Lipinski definition) is 2. The lowest BCUT2D eigenvalue weighted by Gasteiger charge is -2.11. The van der Waals surface area contributed by atoms with Crippen LogP contribution in [0.3, 0.4) is 0 Å². The zero-order valence-electron chi connectivity index (χ0n) is 13.5. The average molecular weight is 350 g/mol. The van der Waals surface area contributed by atoms with E-state index in [0.29, 0.717) is 6.54 Å². The van der Waals surface area contributed by atoms with Gasteiger partial charge in [-0.15, -0.1) is 0 Å². The van der Waals surface area contributed by atoms with Crippen LogP contribution in [0.15, 0.2) is 34.1 Å². The Hall–Kier alpha value is -2.32. The van der Waals surface area contributed by atoms with E-state index < -0.39 is 5.56 Å². The topological polar surface area (TPSA) is 73.6 Å². The van der Waals surface area contributed by atoms with Gasteiger partial charge in [-0.25, -0.2) is 4.39 Å². The monoisotopic (exact) mass is 350 g/mol. The Kier molecular flexibility index (Phi) is 5.99. The van der Waals surface area contributed by atoms with Crippen molar-refractivity contribution in [2.45, 2.75) is 6.54 Å². The normalized spacial score (nSPS) is 11.5. The second kappa shape index (κ2) is 7.98. The summed E-state index contributed by atoms with van der Waals surface area (Å²) >= 11 is 5.10. The van der Waals surface area contributed by atoms with Crippen LogP contribution in [-0.2, 0) is 6.54 Å². The van der Waals surface area contributed by atoms with Gasteiger partial charge >= 0.3 is 0 Å². The van der Waals surface area contributed by atoms with Crippen molar-refractivity contribution >= 4 is 18.4 Å². The Balaban J connectivity index is 2.32. The highest BCUT2D eigenvalue weighted by molar-refractivity contribution is 7.71. The maximum Gasteiger partial charge on any atom is 0.264 e. The van der Waals surface area contributed by atoms with Gasteiger partial charge in [-0.2, -0.15) is 0 Å². The summed E-state index contributed by atoms with van der Waals surface area (Å²) < 4.78 is 14.4. The molecule has 0 amide bonds. The van der Waals surface area contributed by atoms with Gasteiger partial charge in [-0.05, 0) is 44.0 Å². The highest BCUT2D eigenvalue weighted by Crippen LogP contribution is 2.14. The Morgan fingerprint density at radius 2 is 2.04 bits per heavy atom. The molecule has 24 heavy (non-hydrogen) atoms. The maximum atomic E-state index is 13.0. The lowest BCUT2D eigenvalue weighted by molar-refractivity contribution is 0.411. The summed E-state index contributed by atoms with van der Waals surface area (Å²) in [6.07, 6.45) is 1.34. The Morgan fingerprint density at radius 3 is 2.67 bits per heavy atom. The van der Waals surface area contributed by atoms with Gasteiger partial charge in [0.15, 0.2) is 4.77 Å². The first-order valence-corrected chi connectivity index (χ1v) is 7.74. The molecular formula is C16H19FN4O2S. The standard InChI is InChI=1S/C16H19FN4O2S/c1-20(2)8-7-18-9-13-14(22)19-16(24)21(15(13)23)10-11-3-5-12(17)6-4-11/h3-6,9,23H,7-8,10H2,1-2H3,(H,19,22,24). The molecule has 0 unspecified atom stereocenters. The van der Waals surface area contributed by atoms with Crippen LogP contribution in [0.4, 0.5) is 4.39 Å². The third-order valence-electron chi connectivity index (χ3n) is 3.36. The molecule has 0 aliphatic rings. The van der Waals surface area contributed by atoms with E-state index in [1.54, 1.807) is 12.1 Å². The van der Waals surface area contributed by atoms with Crippen LogP contribution in [0.1, 0.15) is 11.1 Å². The molecule has 0 saturated carbocycles. The predicted octanol–water partition coefficient (Wildman–Crippen LogP) is 1.78. The summed E-state index contributed by atoms with van der Waals surface area (Å²) in [7, 11) is 3.84. The van der Waals surface area contributed by atoms with E-state index in [1.165, 1.54) is 22.9 Å². The van der Waals surface area contributed by atoms with Gasteiger partial charge < -0.3 is 10.0 Å². The van der Waals surface area contributed by atoms with Crippen molar-refractivity contribution in [3.05, 3.63) is 56.3 Å². The predicted molar refractivity (Wildman–Crippen MR) is 94.1 cm³/mol. The SMILES string of the molecule is CN(C)CCN=Cc1c(O)n(Cc2ccc(F)cc2)c(=S)[nH]c1=O. The number of nitrogens with zero attached hydrogens (tertiary/aromatic N) is 3. The summed E-state index contributed by atoms with van der Waals surface area (Å²) in [6, 6.07) is 5.83. The number of aliphatic imine (C=N–C) groups is 1. The van der Waals surface area contributed by atoms with Gasteiger partial charge in [0.2, 0.25) is 5.88 Å². The molecule has 0 bridgehead atoms. The number of nitrogens with one attached hydrogen (secondary N) is 1. The van der Waals surface area contributed by atoms with E-state index in [9.17, 15) is 14.3 Å². The first-order valence-electron chi connectivity index (χ1n) is 7.33. The van der Waals surface area contributed by atoms with Crippen molar-refractivity contribution in [1.29, 1.82) is 0 Å². The highest BCUT2D eigenvalue weighted by Gasteiger charge is 2.11. The molecule has 128 valence electrons. The highest BCUT2D eigenvalue weighted by atomic mass is 32.1. The van der Waals surface area contributed by atoms with Crippen LogP contribution in [0, 0.1) is 10.6 Å². The molecule has 1 heterocycles. The van der Waals surface area contributed by atoms with Gasteiger partial charge in [0, 0.05) is 12.8 Å². The molecule has 0 radical (unpaired) electrons. The van der Waals surface area contributed by atoms with Gasteiger partial charge in [0.05, 0.1) is 13.1 Å². The Bertz CT molecular complexity index is 841. The smallest absolute Gasteiger partial charge is 0.264 e. The van der Waals surface area contributed by atoms with Crippen molar-refractivity contribution in [2.24, 2.45) is 4.99 Å². The fourth-order valence-electron chi connectivity index (χ4n) is 2.02. The first kappa shape index (κ1) is 18.0. The number of aromatic nitrogens is 2. The van der Waals surface area contributed by atoms with Crippen LogP contribution in [0.5, 0.6) is 5.88 Å². The minimum atomic E-state index is -0.499. The van der Waals surface area contributed by atoms with Crippen molar-refractivity contribution in [3.63, 3.8) is 0 Å². The number of halogens is 1. The van der Waals surface area contributed by atoms with E-state index in [-0.39, 0.29) is 28.6 Å². The molecule has 6 nitrogen and oxygen atoms in total. The van der Waals surface area contributed by atoms with E-state index >= 15 is 0 Å². The summed E-state index contributed by atoms with van der Waals surface area (Å²) in [5, 5.41) is 10.4. The third-order valence-corrected chi connectivity index (χ3v) is 3.68. The number of aromatic hydroxyl groups is 1. The molecule has 1 aromatic heterocycles. The van der Waals surface area contributed by atoms with Crippen molar-refractivity contribution in [2.75, 3.05) is 27.2 Å². The Labute approximate surface area is 143 Å². The fourth-order valence-corrected chi connectivity index (χ4v) is 2.27. The van der Waals surface area contributed by atoms with Crippen LogP contribution in [0.2, 0.25) is 0 Å². The molecule has 2 aromatic rings. The Morgan fingerprint density at radius 1 is 1.38 bits per heavy atom. The van der Waals surface area contributed by atoms with Crippen LogP contribution < -0.4 is 5.56 Å². The van der Waals surface area contributed by atoms with Crippen molar-refractivity contribution in [1.82, 2.24) is 14.5 Å². The molecule has 0 saturated heterocycles. The summed E-state index contributed by atoms with van der Waals surface area (Å²) in [4.78, 5) is 20.6. The quantitative estimate of drug-likeness (QED) is 0.615. The van der Waals surface area contributed by atoms with Gasteiger partial charge in [0.25, 0.3) is 5.56 Å². The number of likely N-dealkylation sites (N-methyl/N-ethyl adjacent to an activating group) is 1. The number of aromatic amines is 1. The second-order valence-electron chi connectivity index (χ2n) is 5.55. The molecule has 2 rings (SSSR count). The molecule has 0 spiro atoms. The maximum absolute atomic E-state index is 13.0. The van der Waals surface area contributed by atoms with E-state index in [4.69, 9.17) is 12.2 Å². The van der Waals surface area contributed by atoms with Crippen LogP contribution in [0.25, 0.3) is 0 Å². The number of rotatable bonds is 6. The zero-order valence-corrected chi connectivity index (χ0v) is 14.3. The van der Waals surface area contributed by atoms with Crippen molar-refractivity contribution in [3.8, 4) is 5.88 Å². The lowest BCUT2D eigenvalue weighted by atomic mass is 10.2. The zero-order chi connectivity index (χ0) is 17.7. The van der Waals surface area contributed by atoms with Gasteiger partial charge in [-0.1, -0.05) is 12.1 Å². The summed E-state index contributed by atoms with van der Waals surface area (Å²) in [5.74, 6) is -0.608. The van der Waals surface area contributed by atoms with Crippen molar-refractivity contribution < 1.29 is 9.50 Å². The average Bonchev–Trinajstić information content (AvgIpc) is 2.52. The second-order valence-corrected chi connectivity index (χ2v) is 5.93. The van der Waals surface area contributed by atoms with E-state index in [2.05, 4.69) is 9.98 Å². The molecule has 1 aromatic carbocycles. The van der Waals surface area contributed by atoms with Crippen LogP contribution in [-0.4, -0.2) is 53.0 Å². The number of hydrogen-bond acceptors (Lipinski definition) is 5. The number of H-pyrrole nitrogens is 1. The summed E-state index contributed by atoms with van der Waals surface area (Å²) in [6.45, 7) is 1.43. The van der Waals surface area contributed by atoms with Gasteiger partial charge in [-0.3, -0.25) is 19.3 Å². The van der Waals surface area contributed by atoms with Crippen LogP contribution >= 0.6 is 12.2 Å². The molecular weight excluding hydrogens is 331 g/mol. The molecule has 0 aliphatic heterocycles. The van der Waals surface area contributed by atoms with E-state index in [1.807, 2.05) is 19.0 Å². The fraction of sp³-hybridized carbons (Fsp3) is 0.312. The largest absolute Gasteiger partial charge is 0.494 e. The molecule has 8 heteroatoms. The molecule has 2 N–H and O–H groups in total. The molecule has 0 atom stereocenters. The minimum absolute atomic E-state index is 0.0458. The first-order chi connectivity index (χ1) is 11.4. The number of benzene rings is 1. The van der Waals surface area contributed by atoms with E-state index in [0.717, 1.165) is 12.1 Å². The van der Waals surface area contributed by atoms with Gasteiger partial charge in [0.1, 0.15) is 11.4 Å². The summed E-state index contributed by atoms with van der Waals surface area (Å²) in [5.41, 5.74) is 0.288. The lowest BCUT2D eigenvalue weighted by Crippen LogP contribution is -2.20. The minimum Gasteiger partial charge on any atom is -0.494 e.